The quantitative estimate of drug-likeness (QED) is 0.0361. The molecule has 296 valence electrons. The number of ether oxygens (including phenoxy) is 1. The Labute approximate surface area is 322 Å². The Balaban J connectivity index is 1.02. The highest BCUT2D eigenvalue weighted by atomic mass is 32.2. The number of azide groups is 1. The Hall–Kier alpha value is -3.44. The number of carbonyl (C=O) groups is 4. The number of aliphatic hydroxyl groups excluding tert-OH is 2. The fourth-order valence-corrected chi connectivity index (χ4v) is 12.9. The molecule has 0 radical (unpaired) electrons. The summed E-state index contributed by atoms with van der Waals surface area (Å²) >= 11 is 1.46. The van der Waals surface area contributed by atoms with Gasteiger partial charge in [-0.1, -0.05) is 25.9 Å². The van der Waals surface area contributed by atoms with Gasteiger partial charge in [0.05, 0.1) is 18.8 Å². The molecule has 0 aromatic heterocycles. The maximum Gasteiger partial charge on any atom is 0.408 e. The monoisotopic (exact) mass is 767 g/mol. The van der Waals surface area contributed by atoms with Crippen LogP contribution < -0.4 is 16.0 Å². The van der Waals surface area contributed by atoms with Gasteiger partial charge >= 0.3 is 6.09 Å². The minimum Gasteiger partial charge on any atom is -0.449 e. The highest BCUT2D eigenvalue weighted by Gasteiger charge is 2.64. The van der Waals surface area contributed by atoms with Crippen molar-refractivity contribution in [2.45, 2.75) is 128 Å². The van der Waals surface area contributed by atoms with Crippen LogP contribution in [0.15, 0.2) is 16.4 Å². The van der Waals surface area contributed by atoms with Crippen molar-refractivity contribution in [3.8, 4) is 12.3 Å². The second-order valence-electron chi connectivity index (χ2n) is 17.2. The van der Waals surface area contributed by atoms with Crippen molar-refractivity contribution in [1.29, 1.82) is 0 Å². The van der Waals surface area contributed by atoms with Crippen LogP contribution in [-0.2, 0) is 19.1 Å². The standard InChI is InChI=1S/C39H57N7O7S/c1-6-7-16-53-37(52)43-30(19-41-45-40)42-34(50)33-22(3)20-54-36-32(35(51)46(33)36)44-31(49)13-8-21(2)26-11-12-27-25-10-9-23-17-24(47)14-15-38(23,4)28(25)18-29(48)39(26,27)5/h1,21,23-30,32,36,47-48H,7-20H2,2-5H3,(H,42,50)(H,43,52)(H,44,49). The molecule has 5 fully saturated rings. The average Bonchev–Trinajstić information content (AvgIpc) is 3.51. The third-order valence-corrected chi connectivity index (χ3v) is 15.8. The number of hydrogen-bond donors (Lipinski definition) is 5. The molecule has 14 nitrogen and oxygen atoms in total. The third-order valence-electron chi connectivity index (χ3n) is 14.4. The summed E-state index contributed by atoms with van der Waals surface area (Å²) in [7, 11) is 0. The van der Waals surface area contributed by atoms with Crippen LogP contribution in [0.4, 0.5) is 4.79 Å². The first kappa shape index (κ1) is 40.2. The summed E-state index contributed by atoms with van der Waals surface area (Å²) in [6.07, 6.45) is 11.9. The largest absolute Gasteiger partial charge is 0.449 e. The SMILES string of the molecule is C#CCCOC(=O)NC(CN=[N+]=[N-])NC(=O)C1=C(C)CSC2C(NC(=O)CCC(C)C3CCC4C5CCC6CC(O)CCC6(C)C5CC(O)C34C)C(=O)N12. The van der Waals surface area contributed by atoms with Crippen LogP contribution in [0, 0.1) is 58.7 Å². The van der Waals surface area contributed by atoms with E-state index in [-0.39, 0.29) is 60.4 Å². The van der Waals surface area contributed by atoms with Gasteiger partial charge in [0, 0.05) is 23.5 Å². The molecular formula is C39H57N7O7S. The molecule has 54 heavy (non-hydrogen) atoms. The second kappa shape index (κ2) is 16.3. The van der Waals surface area contributed by atoms with E-state index < -0.39 is 41.6 Å². The molecule has 4 amide bonds. The first-order chi connectivity index (χ1) is 25.7. The molecule has 0 spiro atoms. The zero-order valence-corrected chi connectivity index (χ0v) is 32.8. The highest BCUT2D eigenvalue weighted by molar-refractivity contribution is 8.00. The van der Waals surface area contributed by atoms with Crippen molar-refractivity contribution < 1.29 is 34.1 Å². The number of alkyl carbamates (subject to hydrolysis) is 1. The number of amides is 4. The Morgan fingerprint density at radius 1 is 1.15 bits per heavy atom. The number of rotatable bonds is 12. The van der Waals surface area contributed by atoms with E-state index in [9.17, 15) is 29.4 Å². The maximum absolute atomic E-state index is 13.5. The van der Waals surface area contributed by atoms with Crippen LogP contribution >= 0.6 is 11.8 Å². The molecule has 0 aromatic carbocycles. The molecule has 5 N–H and O–H groups in total. The summed E-state index contributed by atoms with van der Waals surface area (Å²) in [6.45, 7) is 8.36. The zero-order valence-electron chi connectivity index (χ0n) is 32.0. The van der Waals surface area contributed by atoms with Gasteiger partial charge in [-0.15, -0.1) is 24.1 Å². The minimum atomic E-state index is -1.10. The average molecular weight is 768 g/mol. The molecule has 15 heteroatoms. The normalized spacial score (nSPS) is 37.8. The Kier molecular flexibility index (Phi) is 12.2. The third kappa shape index (κ3) is 7.43. The molecule has 0 bridgehead atoms. The van der Waals surface area contributed by atoms with Crippen LogP contribution in [0.2, 0.25) is 0 Å². The van der Waals surface area contributed by atoms with Crippen LogP contribution in [0.3, 0.4) is 0 Å². The van der Waals surface area contributed by atoms with Crippen molar-refractivity contribution in [2.24, 2.45) is 51.5 Å². The Morgan fingerprint density at radius 2 is 1.93 bits per heavy atom. The first-order valence-corrected chi connectivity index (χ1v) is 20.8. The van der Waals surface area contributed by atoms with E-state index in [1.54, 1.807) is 6.92 Å². The van der Waals surface area contributed by atoms with Gasteiger partial charge in [-0.25, -0.2) is 4.79 Å². The molecule has 2 aliphatic heterocycles. The molecular weight excluding hydrogens is 711 g/mol. The van der Waals surface area contributed by atoms with Crippen molar-refractivity contribution in [2.75, 3.05) is 18.9 Å². The van der Waals surface area contributed by atoms with E-state index in [4.69, 9.17) is 16.7 Å². The second-order valence-corrected chi connectivity index (χ2v) is 18.3. The molecule has 2 heterocycles. The summed E-state index contributed by atoms with van der Waals surface area (Å²) in [4.78, 5) is 56.6. The van der Waals surface area contributed by atoms with Gasteiger partial charge in [0.1, 0.15) is 29.9 Å². The fourth-order valence-electron chi connectivity index (χ4n) is 11.6. The molecule has 4 aliphatic carbocycles. The van der Waals surface area contributed by atoms with Gasteiger partial charge in [0.2, 0.25) is 5.91 Å². The number of fused-ring (bicyclic) bond motifs is 6. The number of nitrogens with zero attached hydrogens (tertiary/aromatic N) is 4. The number of hydrogen-bond acceptors (Lipinski definition) is 9. The molecule has 6 rings (SSSR count). The summed E-state index contributed by atoms with van der Waals surface area (Å²) in [5.41, 5.74) is 9.58. The Bertz CT molecular complexity index is 1610. The maximum atomic E-state index is 13.5. The summed E-state index contributed by atoms with van der Waals surface area (Å²) < 4.78 is 4.98. The van der Waals surface area contributed by atoms with Gasteiger partial charge in [-0.05, 0) is 122 Å². The fraction of sp³-hybridized carbons (Fsp3) is 0.795. The van der Waals surface area contributed by atoms with E-state index >= 15 is 0 Å². The van der Waals surface area contributed by atoms with Crippen molar-refractivity contribution in [1.82, 2.24) is 20.9 Å². The van der Waals surface area contributed by atoms with Crippen LogP contribution in [-0.4, -0.2) is 87.6 Å². The van der Waals surface area contributed by atoms with Gasteiger partial charge in [-0.2, -0.15) is 0 Å². The summed E-state index contributed by atoms with van der Waals surface area (Å²) in [5, 5.41) is 33.3. The summed E-state index contributed by atoms with van der Waals surface area (Å²) in [6, 6.07) is -0.778. The smallest absolute Gasteiger partial charge is 0.408 e. The molecule has 13 atom stereocenters. The number of thioether (sulfide) groups is 1. The lowest BCUT2D eigenvalue weighted by Crippen LogP contribution is -2.71. The van der Waals surface area contributed by atoms with E-state index in [0.29, 0.717) is 47.3 Å². The Morgan fingerprint density at radius 3 is 2.67 bits per heavy atom. The van der Waals surface area contributed by atoms with Gasteiger partial charge in [0.15, 0.2) is 0 Å². The van der Waals surface area contributed by atoms with E-state index in [0.717, 1.165) is 44.9 Å². The summed E-state index contributed by atoms with van der Waals surface area (Å²) in [5.74, 6) is 4.15. The van der Waals surface area contributed by atoms with Crippen molar-refractivity contribution in [3.05, 3.63) is 21.7 Å². The predicted octanol–water partition coefficient (Wildman–Crippen LogP) is 4.57. The van der Waals surface area contributed by atoms with Crippen molar-refractivity contribution >= 4 is 35.6 Å². The lowest BCUT2D eigenvalue weighted by Gasteiger charge is -2.62. The van der Waals surface area contributed by atoms with E-state index in [1.165, 1.54) is 23.1 Å². The first-order valence-electron chi connectivity index (χ1n) is 19.7. The van der Waals surface area contributed by atoms with Gasteiger partial charge in [-0.3, -0.25) is 19.3 Å². The minimum absolute atomic E-state index is 0.0280. The zero-order chi connectivity index (χ0) is 38.9. The van der Waals surface area contributed by atoms with Crippen LogP contribution in [0.5, 0.6) is 0 Å². The number of carbonyl (C=O) groups excluding carboxylic acids is 4. The molecule has 1 saturated heterocycles. The molecule has 6 aliphatic rings. The van der Waals surface area contributed by atoms with Gasteiger partial charge in [0.25, 0.3) is 11.8 Å². The number of terminal acetylenes is 1. The van der Waals surface area contributed by atoms with Crippen LogP contribution in [0.25, 0.3) is 10.4 Å². The lowest BCUT2D eigenvalue weighted by atomic mass is 9.43. The molecule has 4 saturated carbocycles. The topological polar surface area (TPSA) is 206 Å². The van der Waals surface area contributed by atoms with E-state index in [1.807, 2.05) is 0 Å². The van der Waals surface area contributed by atoms with Gasteiger partial charge < -0.3 is 30.9 Å². The van der Waals surface area contributed by atoms with Crippen molar-refractivity contribution in [3.63, 3.8) is 0 Å². The van der Waals surface area contributed by atoms with E-state index in [2.05, 4.69) is 52.7 Å². The molecule has 13 unspecified atom stereocenters. The lowest BCUT2D eigenvalue weighted by molar-refractivity contribution is -0.175. The highest BCUT2D eigenvalue weighted by Crippen LogP contribution is 2.68. The number of β-lactam (4-membered cyclic amide) rings is 1. The van der Waals surface area contributed by atoms with Crippen LogP contribution in [0.1, 0.15) is 98.3 Å². The number of aliphatic hydroxyl groups is 2. The molecule has 0 aromatic rings. The predicted molar refractivity (Wildman–Crippen MR) is 203 cm³/mol. The number of nitrogens with one attached hydrogen (secondary N) is 3.